The molecule has 0 radical (unpaired) electrons. The molecule has 0 unspecified atom stereocenters. The third kappa shape index (κ3) is 5.72. The molecule has 0 amide bonds. The van der Waals surface area contributed by atoms with Crippen LogP contribution >= 0.6 is 0 Å². The largest absolute Gasteiger partial charge is 0.485 e. The fraction of sp³-hybridized carbons (Fsp3) is 0.542. The van der Waals surface area contributed by atoms with Gasteiger partial charge in [-0.15, -0.1) is 0 Å². The molecule has 2 aliphatic rings. The molecule has 37 heavy (non-hydrogen) atoms. The molecule has 0 bridgehead atoms. The minimum atomic E-state index is -0.534. The lowest BCUT2D eigenvalue weighted by atomic mass is 9.79. The zero-order valence-corrected chi connectivity index (χ0v) is 21.6. The maximum absolute atomic E-state index is 14.7. The molecule has 4 heterocycles. The number of halogens is 1. The SMILES string of the molecule is Cn1nnn(-c2cc(Nc3ncc(F)c(NC4CC(C)(C)NC(C)(C)C4)n3)cc(OC3COC3)c2)c1=O. The molecule has 0 aliphatic carbocycles. The van der Waals surface area contributed by atoms with Gasteiger partial charge in [-0.05, 0) is 57.0 Å². The maximum Gasteiger partial charge on any atom is 0.368 e. The van der Waals surface area contributed by atoms with Crippen molar-refractivity contribution in [3.63, 3.8) is 0 Å². The Labute approximate surface area is 213 Å². The van der Waals surface area contributed by atoms with Crippen LogP contribution in [0.5, 0.6) is 5.75 Å². The molecule has 198 valence electrons. The van der Waals surface area contributed by atoms with E-state index in [0.717, 1.165) is 28.4 Å². The zero-order chi connectivity index (χ0) is 26.4. The van der Waals surface area contributed by atoms with Crippen molar-refractivity contribution < 1.29 is 13.9 Å². The van der Waals surface area contributed by atoms with Gasteiger partial charge in [0.25, 0.3) is 0 Å². The van der Waals surface area contributed by atoms with Crippen LogP contribution in [0, 0.1) is 5.82 Å². The first-order chi connectivity index (χ1) is 17.5. The number of hydrogen-bond acceptors (Lipinski definition) is 10. The van der Waals surface area contributed by atoms with E-state index < -0.39 is 11.5 Å². The fourth-order valence-corrected chi connectivity index (χ4v) is 5.07. The quantitative estimate of drug-likeness (QED) is 0.431. The van der Waals surface area contributed by atoms with Crippen molar-refractivity contribution in [2.45, 2.75) is 63.8 Å². The molecule has 13 heteroatoms. The van der Waals surface area contributed by atoms with E-state index in [1.165, 1.54) is 7.05 Å². The summed E-state index contributed by atoms with van der Waals surface area (Å²) in [6.07, 6.45) is 2.67. The molecular formula is C24H32FN9O3. The molecule has 2 fully saturated rings. The van der Waals surface area contributed by atoms with Crippen molar-refractivity contribution >= 4 is 17.5 Å². The number of hydrogen-bond donors (Lipinski definition) is 3. The Morgan fingerprint density at radius 1 is 1.14 bits per heavy atom. The summed E-state index contributed by atoms with van der Waals surface area (Å²) in [7, 11) is 1.52. The number of nitrogens with zero attached hydrogens (tertiary/aromatic N) is 6. The second-order valence-corrected chi connectivity index (χ2v) is 10.9. The van der Waals surface area contributed by atoms with Crippen LogP contribution in [0.2, 0.25) is 0 Å². The van der Waals surface area contributed by atoms with Gasteiger partial charge in [0.1, 0.15) is 11.9 Å². The highest BCUT2D eigenvalue weighted by molar-refractivity contribution is 5.62. The Balaban J connectivity index is 1.41. The van der Waals surface area contributed by atoms with Gasteiger partial charge in [0, 0.05) is 42.0 Å². The Kier molecular flexibility index (Phi) is 6.36. The Morgan fingerprint density at radius 2 is 1.86 bits per heavy atom. The topological polar surface area (TPSA) is 133 Å². The second-order valence-electron chi connectivity index (χ2n) is 10.9. The van der Waals surface area contributed by atoms with Gasteiger partial charge in [0.05, 0.1) is 25.1 Å². The molecule has 0 spiro atoms. The highest BCUT2D eigenvalue weighted by atomic mass is 19.1. The Hall–Kier alpha value is -3.58. The summed E-state index contributed by atoms with van der Waals surface area (Å²) in [4.78, 5) is 21.0. The van der Waals surface area contributed by atoms with E-state index in [-0.39, 0.29) is 35.0 Å². The Morgan fingerprint density at radius 3 is 2.49 bits per heavy atom. The smallest absolute Gasteiger partial charge is 0.368 e. The number of ether oxygens (including phenoxy) is 2. The van der Waals surface area contributed by atoms with Gasteiger partial charge in [0.15, 0.2) is 11.6 Å². The summed E-state index contributed by atoms with van der Waals surface area (Å²) in [5.74, 6) is 0.289. The van der Waals surface area contributed by atoms with E-state index in [1.807, 2.05) is 0 Å². The summed E-state index contributed by atoms with van der Waals surface area (Å²) in [5, 5.41) is 17.7. The van der Waals surface area contributed by atoms with Gasteiger partial charge in [-0.1, -0.05) is 0 Å². The lowest BCUT2D eigenvalue weighted by molar-refractivity contribution is -0.0796. The van der Waals surface area contributed by atoms with Crippen molar-refractivity contribution in [2.24, 2.45) is 7.05 Å². The van der Waals surface area contributed by atoms with E-state index in [9.17, 15) is 9.18 Å². The second kappa shape index (κ2) is 9.38. The maximum atomic E-state index is 14.7. The molecule has 12 nitrogen and oxygen atoms in total. The highest BCUT2D eigenvalue weighted by Crippen LogP contribution is 2.31. The van der Waals surface area contributed by atoms with Gasteiger partial charge in [-0.2, -0.15) is 14.3 Å². The van der Waals surface area contributed by atoms with Gasteiger partial charge in [-0.3, -0.25) is 0 Å². The molecular weight excluding hydrogens is 481 g/mol. The van der Waals surface area contributed by atoms with Crippen molar-refractivity contribution in [3.05, 3.63) is 40.7 Å². The van der Waals surface area contributed by atoms with E-state index in [1.54, 1.807) is 18.2 Å². The summed E-state index contributed by atoms with van der Waals surface area (Å²) in [5.41, 5.74) is 0.354. The van der Waals surface area contributed by atoms with Crippen LogP contribution in [0.1, 0.15) is 40.5 Å². The molecule has 0 atom stereocenters. The molecule has 0 saturated carbocycles. The van der Waals surface area contributed by atoms with Crippen LogP contribution in [0.15, 0.2) is 29.2 Å². The molecule has 2 aromatic heterocycles. The van der Waals surface area contributed by atoms with E-state index in [4.69, 9.17) is 9.47 Å². The average molecular weight is 514 g/mol. The monoisotopic (exact) mass is 513 g/mol. The lowest BCUT2D eigenvalue weighted by Gasteiger charge is -2.46. The first kappa shape index (κ1) is 25.1. The van der Waals surface area contributed by atoms with E-state index >= 15 is 0 Å². The highest BCUT2D eigenvalue weighted by Gasteiger charge is 2.38. The van der Waals surface area contributed by atoms with E-state index in [2.05, 4.69) is 64.0 Å². The third-order valence-corrected chi connectivity index (χ3v) is 6.30. The van der Waals surface area contributed by atoms with Gasteiger partial charge >= 0.3 is 5.69 Å². The predicted octanol–water partition coefficient (Wildman–Crippen LogP) is 2.14. The van der Waals surface area contributed by atoms with E-state index in [0.29, 0.717) is 30.3 Å². The predicted molar refractivity (Wildman–Crippen MR) is 135 cm³/mol. The van der Waals surface area contributed by atoms with Crippen LogP contribution in [0.25, 0.3) is 5.69 Å². The standard InChI is InChI=1S/C24H32FN9O3/c1-23(2)9-15(10-24(3,4)30-23)27-20-19(25)11-26-21(29-20)28-14-6-16(34-22(35)33(5)31-32-34)8-17(7-14)37-18-12-36-13-18/h6-8,11,15,18,30H,9-10,12-13H2,1-5H3,(H2,26,27,28,29). The third-order valence-electron chi connectivity index (χ3n) is 6.30. The number of anilines is 3. The number of aromatic nitrogens is 6. The van der Waals surface area contributed by atoms with Crippen LogP contribution in [-0.4, -0.2) is 66.2 Å². The van der Waals surface area contributed by atoms with Crippen LogP contribution in [-0.2, 0) is 11.8 Å². The Bertz CT molecular complexity index is 1330. The molecule has 3 aromatic rings. The van der Waals surface area contributed by atoms with Crippen LogP contribution in [0.4, 0.5) is 21.8 Å². The fourth-order valence-electron chi connectivity index (χ4n) is 5.07. The van der Waals surface area contributed by atoms with Crippen molar-refractivity contribution in [3.8, 4) is 11.4 Å². The minimum Gasteiger partial charge on any atom is -0.485 e. The molecule has 3 N–H and O–H groups in total. The van der Waals surface area contributed by atoms with Crippen LogP contribution < -0.4 is 26.4 Å². The van der Waals surface area contributed by atoms with Crippen molar-refractivity contribution in [2.75, 3.05) is 23.8 Å². The van der Waals surface area contributed by atoms with Crippen molar-refractivity contribution in [1.29, 1.82) is 0 Å². The molecule has 5 rings (SSSR count). The molecule has 2 aliphatic heterocycles. The number of aryl methyl sites for hydroxylation is 1. The summed E-state index contributed by atoms with van der Waals surface area (Å²) < 4.78 is 28.2. The van der Waals surface area contributed by atoms with Gasteiger partial charge < -0.3 is 25.4 Å². The minimum absolute atomic E-state index is 0.0278. The number of benzene rings is 1. The van der Waals surface area contributed by atoms with Crippen molar-refractivity contribution in [1.82, 2.24) is 35.1 Å². The summed E-state index contributed by atoms with van der Waals surface area (Å²) in [6, 6.07) is 5.16. The normalized spacial score (nSPS) is 19.3. The molecule has 1 aromatic carbocycles. The number of piperidine rings is 1. The van der Waals surface area contributed by atoms with Gasteiger partial charge in [-0.25, -0.2) is 14.2 Å². The number of tetrazole rings is 1. The number of rotatable bonds is 7. The average Bonchev–Trinajstić information content (AvgIpc) is 3.09. The molecule has 2 saturated heterocycles. The first-order valence-corrected chi connectivity index (χ1v) is 12.2. The zero-order valence-electron chi connectivity index (χ0n) is 21.6. The summed E-state index contributed by atoms with van der Waals surface area (Å²) in [6.45, 7) is 9.51. The number of nitrogens with one attached hydrogen (secondary N) is 3. The lowest BCUT2D eigenvalue weighted by Crippen LogP contribution is -2.60. The van der Waals surface area contributed by atoms with Gasteiger partial charge in [0.2, 0.25) is 5.95 Å². The first-order valence-electron chi connectivity index (χ1n) is 12.2. The van der Waals surface area contributed by atoms with Crippen LogP contribution in [0.3, 0.4) is 0 Å². The summed E-state index contributed by atoms with van der Waals surface area (Å²) >= 11 is 0.